The van der Waals surface area contributed by atoms with Crippen LogP contribution >= 0.6 is 0 Å². The maximum Gasteiger partial charge on any atom is 0.308 e. The molecule has 0 amide bonds. The van der Waals surface area contributed by atoms with Gasteiger partial charge in [0.05, 0.1) is 7.11 Å². The summed E-state index contributed by atoms with van der Waals surface area (Å²) in [6, 6.07) is 5.04. The molecule has 18 heavy (non-hydrogen) atoms. The highest BCUT2D eigenvalue weighted by atomic mass is 16.6. The summed E-state index contributed by atoms with van der Waals surface area (Å²) in [5.74, 6) is 0.455. The number of nitrogens with two attached hydrogens (primary N) is 1. The van der Waals surface area contributed by atoms with Crippen molar-refractivity contribution in [2.45, 2.75) is 25.8 Å². The number of benzene rings is 1. The van der Waals surface area contributed by atoms with E-state index in [0.717, 1.165) is 5.56 Å². The third kappa shape index (κ3) is 4.01. The summed E-state index contributed by atoms with van der Waals surface area (Å²) in [5.41, 5.74) is 6.87. The number of carbonyl (C=O) groups excluding carboxylic acids is 1. The monoisotopic (exact) mass is 253 g/mol. The number of aliphatic hydroxyl groups excluding tert-OH is 1. The molecule has 0 aromatic heterocycles. The van der Waals surface area contributed by atoms with Crippen molar-refractivity contribution < 1.29 is 19.4 Å². The number of rotatable bonds is 6. The van der Waals surface area contributed by atoms with Gasteiger partial charge in [-0.25, -0.2) is 0 Å². The molecule has 0 heterocycles. The molecule has 0 fully saturated rings. The van der Waals surface area contributed by atoms with Gasteiger partial charge in [0.15, 0.2) is 11.5 Å². The highest BCUT2D eigenvalue weighted by molar-refractivity contribution is 5.70. The standard InChI is InChI=1S/C13H19NO4/c1-9(16)18-12-6-5-10(8-13(12)17-2)11(14)4-3-7-15/h5-6,8,11,15H,3-4,7,14H2,1-2H3/t11-/m0/s1. The maximum absolute atomic E-state index is 10.9. The smallest absolute Gasteiger partial charge is 0.308 e. The maximum atomic E-state index is 10.9. The van der Waals surface area contributed by atoms with E-state index in [0.29, 0.717) is 24.3 Å². The average Bonchev–Trinajstić information content (AvgIpc) is 2.35. The Bertz CT molecular complexity index is 406. The van der Waals surface area contributed by atoms with Gasteiger partial charge < -0.3 is 20.3 Å². The van der Waals surface area contributed by atoms with E-state index in [1.807, 2.05) is 0 Å². The Labute approximate surface area is 107 Å². The predicted molar refractivity (Wildman–Crippen MR) is 67.6 cm³/mol. The molecule has 0 radical (unpaired) electrons. The highest BCUT2D eigenvalue weighted by Gasteiger charge is 2.12. The van der Waals surface area contributed by atoms with Gasteiger partial charge in [-0.05, 0) is 30.5 Å². The van der Waals surface area contributed by atoms with E-state index >= 15 is 0 Å². The van der Waals surface area contributed by atoms with Gasteiger partial charge in [0.1, 0.15) is 0 Å². The molecule has 1 atom stereocenters. The van der Waals surface area contributed by atoms with Crippen molar-refractivity contribution in [2.75, 3.05) is 13.7 Å². The molecular weight excluding hydrogens is 234 g/mol. The van der Waals surface area contributed by atoms with Gasteiger partial charge in [0.25, 0.3) is 0 Å². The van der Waals surface area contributed by atoms with E-state index in [4.69, 9.17) is 20.3 Å². The van der Waals surface area contributed by atoms with Gasteiger partial charge in [-0.15, -0.1) is 0 Å². The molecule has 3 N–H and O–H groups in total. The Morgan fingerprint density at radius 1 is 1.44 bits per heavy atom. The number of aliphatic hydroxyl groups is 1. The zero-order valence-electron chi connectivity index (χ0n) is 10.7. The highest BCUT2D eigenvalue weighted by Crippen LogP contribution is 2.30. The first kappa shape index (κ1) is 14.5. The molecule has 5 heteroatoms. The molecule has 0 bridgehead atoms. The van der Waals surface area contributed by atoms with Crippen LogP contribution in [0.5, 0.6) is 11.5 Å². The molecule has 0 unspecified atom stereocenters. The summed E-state index contributed by atoms with van der Waals surface area (Å²) in [6.45, 7) is 1.46. The molecule has 0 saturated carbocycles. The van der Waals surface area contributed by atoms with E-state index in [9.17, 15) is 4.79 Å². The normalized spacial score (nSPS) is 12.0. The molecule has 0 spiro atoms. The molecule has 1 rings (SSSR count). The van der Waals surface area contributed by atoms with Crippen LogP contribution in [0.25, 0.3) is 0 Å². The second-order valence-electron chi connectivity index (χ2n) is 3.98. The number of carbonyl (C=O) groups is 1. The lowest BCUT2D eigenvalue weighted by molar-refractivity contribution is -0.132. The van der Waals surface area contributed by atoms with E-state index in [2.05, 4.69) is 0 Å². The second kappa shape index (κ2) is 6.98. The van der Waals surface area contributed by atoms with Crippen molar-refractivity contribution in [3.05, 3.63) is 23.8 Å². The quantitative estimate of drug-likeness (QED) is 0.591. The van der Waals surface area contributed by atoms with Crippen molar-refractivity contribution in [3.63, 3.8) is 0 Å². The Morgan fingerprint density at radius 2 is 2.17 bits per heavy atom. The molecule has 0 saturated heterocycles. The van der Waals surface area contributed by atoms with Crippen molar-refractivity contribution in [1.29, 1.82) is 0 Å². The SMILES string of the molecule is COc1cc([C@@H](N)CCCO)ccc1OC(C)=O. The molecule has 0 aliphatic rings. The minimum Gasteiger partial charge on any atom is -0.493 e. The first-order valence-electron chi connectivity index (χ1n) is 5.81. The third-order valence-corrected chi connectivity index (χ3v) is 2.54. The number of methoxy groups -OCH3 is 1. The van der Waals surface area contributed by atoms with Crippen molar-refractivity contribution in [1.82, 2.24) is 0 Å². The first-order valence-corrected chi connectivity index (χ1v) is 5.81. The Morgan fingerprint density at radius 3 is 2.72 bits per heavy atom. The molecule has 1 aromatic rings. The number of esters is 1. The number of hydrogen-bond donors (Lipinski definition) is 2. The van der Waals surface area contributed by atoms with E-state index < -0.39 is 5.97 Å². The van der Waals surface area contributed by atoms with Crippen LogP contribution in [-0.2, 0) is 4.79 Å². The summed E-state index contributed by atoms with van der Waals surface area (Å²) in [5, 5.41) is 8.77. The first-order chi connectivity index (χ1) is 8.58. The van der Waals surface area contributed by atoms with E-state index in [-0.39, 0.29) is 12.6 Å². The lowest BCUT2D eigenvalue weighted by Crippen LogP contribution is -2.11. The Balaban J connectivity index is 2.87. The van der Waals surface area contributed by atoms with Gasteiger partial charge in [-0.3, -0.25) is 4.79 Å². The summed E-state index contributed by atoms with van der Waals surface area (Å²) < 4.78 is 10.2. The van der Waals surface area contributed by atoms with Crippen LogP contribution in [-0.4, -0.2) is 24.8 Å². The van der Waals surface area contributed by atoms with Crippen molar-refractivity contribution >= 4 is 5.97 Å². The molecule has 0 aliphatic carbocycles. The summed E-state index contributed by atoms with van der Waals surface area (Å²) >= 11 is 0. The van der Waals surface area contributed by atoms with Crippen LogP contribution in [0.3, 0.4) is 0 Å². The largest absolute Gasteiger partial charge is 0.493 e. The minimum absolute atomic E-state index is 0.121. The second-order valence-corrected chi connectivity index (χ2v) is 3.98. The fourth-order valence-electron chi connectivity index (χ4n) is 1.63. The molecule has 1 aromatic carbocycles. The van der Waals surface area contributed by atoms with Gasteiger partial charge in [0.2, 0.25) is 0 Å². The van der Waals surface area contributed by atoms with Crippen LogP contribution in [0.1, 0.15) is 31.4 Å². The van der Waals surface area contributed by atoms with Crippen molar-refractivity contribution in [2.24, 2.45) is 5.73 Å². The van der Waals surface area contributed by atoms with Crippen LogP contribution in [0.15, 0.2) is 18.2 Å². The molecular formula is C13H19NO4. The summed E-state index contributed by atoms with van der Waals surface area (Å²) in [7, 11) is 1.51. The summed E-state index contributed by atoms with van der Waals surface area (Å²) in [6.07, 6.45) is 1.34. The average molecular weight is 253 g/mol. The number of hydrogen-bond acceptors (Lipinski definition) is 5. The Kier molecular flexibility index (Phi) is 5.61. The van der Waals surface area contributed by atoms with Crippen LogP contribution in [0, 0.1) is 0 Å². The Hall–Kier alpha value is -1.59. The minimum atomic E-state index is -0.398. The van der Waals surface area contributed by atoms with Gasteiger partial charge >= 0.3 is 5.97 Å². The fraction of sp³-hybridized carbons (Fsp3) is 0.462. The molecule has 100 valence electrons. The summed E-state index contributed by atoms with van der Waals surface area (Å²) in [4.78, 5) is 10.9. The third-order valence-electron chi connectivity index (χ3n) is 2.54. The predicted octanol–water partition coefficient (Wildman–Crippen LogP) is 1.39. The number of ether oxygens (including phenoxy) is 2. The van der Waals surface area contributed by atoms with Gasteiger partial charge in [0, 0.05) is 19.6 Å². The zero-order chi connectivity index (χ0) is 13.5. The van der Waals surface area contributed by atoms with E-state index in [1.165, 1.54) is 14.0 Å². The lowest BCUT2D eigenvalue weighted by atomic mass is 10.0. The fourth-order valence-corrected chi connectivity index (χ4v) is 1.63. The van der Waals surface area contributed by atoms with Crippen LogP contribution in [0.2, 0.25) is 0 Å². The zero-order valence-corrected chi connectivity index (χ0v) is 10.7. The lowest BCUT2D eigenvalue weighted by Gasteiger charge is -2.14. The van der Waals surface area contributed by atoms with Gasteiger partial charge in [-0.1, -0.05) is 6.07 Å². The van der Waals surface area contributed by atoms with Crippen molar-refractivity contribution in [3.8, 4) is 11.5 Å². The topological polar surface area (TPSA) is 81.8 Å². The van der Waals surface area contributed by atoms with E-state index in [1.54, 1.807) is 18.2 Å². The molecule has 0 aliphatic heterocycles. The molecule has 5 nitrogen and oxygen atoms in total. The van der Waals surface area contributed by atoms with Crippen LogP contribution in [0.4, 0.5) is 0 Å². The van der Waals surface area contributed by atoms with Gasteiger partial charge in [-0.2, -0.15) is 0 Å². The van der Waals surface area contributed by atoms with Crippen LogP contribution < -0.4 is 15.2 Å².